The van der Waals surface area contributed by atoms with E-state index >= 15 is 0 Å². The van der Waals surface area contributed by atoms with Gasteiger partial charge in [0.2, 0.25) is 17.7 Å². The molecule has 1 aromatic carbocycles. The monoisotopic (exact) mass is 369 g/mol. The van der Waals surface area contributed by atoms with E-state index in [0.29, 0.717) is 39.0 Å². The van der Waals surface area contributed by atoms with Crippen molar-refractivity contribution in [1.29, 1.82) is 0 Å². The smallest absolute Gasteiger partial charge is 0.246 e. The Kier molecular flexibility index (Phi) is 6.63. The summed E-state index contributed by atoms with van der Waals surface area (Å²) >= 11 is 0. The average molecular weight is 369 g/mol. The lowest BCUT2D eigenvalue weighted by molar-refractivity contribution is -0.132. The number of carbonyl (C=O) groups excluding carboxylic acids is 3. The van der Waals surface area contributed by atoms with Gasteiger partial charge in [-0.15, -0.1) is 0 Å². The largest absolute Gasteiger partial charge is 0.354 e. The van der Waals surface area contributed by atoms with E-state index in [0.717, 1.165) is 18.4 Å². The first kappa shape index (κ1) is 19.1. The van der Waals surface area contributed by atoms with Gasteiger partial charge in [-0.3, -0.25) is 14.4 Å². The molecule has 144 valence electrons. The zero-order chi connectivity index (χ0) is 19.1. The molecule has 0 radical (unpaired) electrons. The maximum absolute atomic E-state index is 12.3. The van der Waals surface area contributed by atoms with Crippen LogP contribution in [0.1, 0.15) is 31.2 Å². The molecule has 1 saturated heterocycles. The summed E-state index contributed by atoms with van der Waals surface area (Å²) < 4.78 is 0. The van der Waals surface area contributed by atoms with Gasteiger partial charge in [0.25, 0.3) is 0 Å². The molecular weight excluding hydrogens is 342 g/mol. The van der Waals surface area contributed by atoms with E-state index in [1.165, 1.54) is 0 Å². The lowest BCUT2D eigenvalue weighted by Gasteiger charge is -2.30. The Balaban J connectivity index is 1.34. The van der Waals surface area contributed by atoms with E-state index in [4.69, 9.17) is 0 Å². The quantitative estimate of drug-likeness (QED) is 0.566. The molecule has 2 N–H and O–H groups in total. The number of hydrogen-bond donors (Lipinski definition) is 2. The topological polar surface area (TPSA) is 78.5 Å². The molecular formula is C21H27N3O3. The van der Waals surface area contributed by atoms with Crippen molar-refractivity contribution < 1.29 is 14.4 Å². The molecule has 1 aliphatic carbocycles. The van der Waals surface area contributed by atoms with E-state index in [2.05, 4.69) is 10.6 Å². The summed E-state index contributed by atoms with van der Waals surface area (Å²) in [6, 6.07) is 9.72. The molecule has 0 aromatic heterocycles. The van der Waals surface area contributed by atoms with Crippen molar-refractivity contribution >= 4 is 23.8 Å². The maximum Gasteiger partial charge on any atom is 0.246 e. The van der Waals surface area contributed by atoms with Crippen molar-refractivity contribution in [2.75, 3.05) is 26.2 Å². The molecule has 3 rings (SSSR count). The Hall–Kier alpha value is -2.63. The number of benzene rings is 1. The number of likely N-dealkylation sites (tertiary alicyclic amines) is 1. The van der Waals surface area contributed by atoms with E-state index in [9.17, 15) is 14.4 Å². The Bertz CT molecular complexity index is 690. The van der Waals surface area contributed by atoms with Crippen LogP contribution in [-0.4, -0.2) is 48.8 Å². The molecule has 0 spiro atoms. The van der Waals surface area contributed by atoms with Crippen molar-refractivity contribution in [2.24, 2.45) is 11.8 Å². The fraction of sp³-hybridized carbons (Fsp3) is 0.476. The number of nitrogens with one attached hydrogen (secondary N) is 2. The highest BCUT2D eigenvalue weighted by molar-refractivity contribution is 5.92. The number of amides is 3. The van der Waals surface area contributed by atoms with Crippen LogP contribution in [0.5, 0.6) is 0 Å². The lowest BCUT2D eigenvalue weighted by atomic mass is 9.96. The van der Waals surface area contributed by atoms with Crippen LogP contribution in [0, 0.1) is 11.8 Å². The van der Waals surface area contributed by atoms with E-state index in [-0.39, 0.29) is 29.6 Å². The Morgan fingerprint density at radius 3 is 2.00 bits per heavy atom. The van der Waals surface area contributed by atoms with Crippen LogP contribution < -0.4 is 10.6 Å². The molecule has 2 aliphatic rings. The molecule has 0 atom stereocenters. The van der Waals surface area contributed by atoms with Gasteiger partial charge < -0.3 is 15.5 Å². The van der Waals surface area contributed by atoms with Crippen LogP contribution in [0.3, 0.4) is 0 Å². The molecule has 1 aromatic rings. The minimum Gasteiger partial charge on any atom is -0.354 e. The molecule has 2 fully saturated rings. The van der Waals surface area contributed by atoms with E-state index in [1.807, 2.05) is 36.4 Å². The predicted octanol–water partition coefficient (Wildman–Crippen LogP) is 1.58. The zero-order valence-electron chi connectivity index (χ0n) is 15.5. The van der Waals surface area contributed by atoms with Gasteiger partial charge >= 0.3 is 0 Å². The minimum atomic E-state index is -0.0636. The second-order valence-corrected chi connectivity index (χ2v) is 7.20. The summed E-state index contributed by atoms with van der Waals surface area (Å²) in [6.07, 6.45) is 6.72. The Morgan fingerprint density at radius 2 is 1.44 bits per heavy atom. The molecule has 6 nitrogen and oxygen atoms in total. The van der Waals surface area contributed by atoms with Crippen LogP contribution in [-0.2, 0) is 14.4 Å². The first-order valence-corrected chi connectivity index (χ1v) is 9.71. The molecule has 1 heterocycles. The van der Waals surface area contributed by atoms with Gasteiger partial charge in [0.1, 0.15) is 0 Å². The molecule has 0 bridgehead atoms. The van der Waals surface area contributed by atoms with Gasteiger partial charge in [-0.1, -0.05) is 30.3 Å². The number of piperidine rings is 1. The van der Waals surface area contributed by atoms with Gasteiger partial charge in [-0.2, -0.15) is 0 Å². The third-order valence-corrected chi connectivity index (χ3v) is 5.07. The predicted molar refractivity (Wildman–Crippen MR) is 104 cm³/mol. The number of hydrogen-bond acceptors (Lipinski definition) is 3. The first-order chi connectivity index (χ1) is 13.1. The minimum absolute atomic E-state index is 0.0134. The molecule has 1 aliphatic heterocycles. The van der Waals surface area contributed by atoms with Crippen molar-refractivity contribution in [2.45, 2.75) is 25.7 Å². The number of nitrogens with zero attached hydrogens (tertiary/aromatic N) is 1. The second kappa shape index (κ2) is 9.35. The highest BCUT2D eigenvalue weighted by atomic mass is 16.2. The normalized spacial score (nSPS) is 17.7. The second-order valence-electron chi connectivity index (χ2n) is 7.20. The fourth-order valence-corrected chi connectivity index (χ4v) is 3.20. The SMILES string of the molecule is O=C(NCCNC(=O)C1CCN(C(=O)/C=C/c2ccccc2)CC1)C1CC1. The third-order valence-electron chi connectivity index (χ3n) is 5.07. The van der Waals surface area contributed by atoms with Crippen LogP contribution in [0.4, 0.5) is 0 Å². The maximum atomic E-state index is 12.3. The summed E-state index contributed by atoms with van der Waals surface area (Å²) in [5.74, 6) is 0.229. The Labute approximate surface area is 160 Å². The van der Waals surface area contributed by atoms with Gasteiger partial charge in [0.05, 0.1) is 0 Å². The summed E-state index contributed by atoms with van der Waals surface area (Å²) in [5, 5.41) is 5.72. The summed E-state index contributed by atoms with van der Waals surface area (Å²) in [7, 11) is 0. The summed E-state index contributed by atoms with van der Waals surface area (Å²) in [5.41, 5.74) is 0.994. The average Bonchev–Trinajstić information content (AvgIpc) is 3.55. The highest BCUT2D eigenvalue weighted by Crippen LogP contribution is 2.28. The summed E-state index contributed by atoms with van der Waals surface area (Å²) in [4.78, 5) is 37.8. The van der Waals surface area contributed by atoms with Gasteiger partial charge in [-0.25, -0.2) is 0 Å². The molecule has 6 heteroatoms. The van der Waals surface area contributed by atoms with Crippen molar-refractivity contribution in [3.8, 4) is 0 Å². The van der Waals surface area contributed by atoms with Crippen LogP contribution in [0.15, 0.2) is 36.4 Å². The zero-order valence-corrected chi connectivity index (χ0v) is 15.5. The van der Waals surface area contributed by atoms with Crippen LogP contribution in [0.25, 0.3) is 6.08 Å². The molecule has 27 heavy (non-hydrogen) atoms. The molecule has 1 saturated carbocycles. The molecule has 0 unspecified atom stereocenters. The first-order valence-electron chi connectivity index (χ1n) is 9.71. The van der Waals surface area contributed by atoms with Gasteiger partial charge in [0.15, 0.2) is 0 Å². The lowest BCUT2D eigenvalue weighted by Crippen LogP contribution is -2.44. The fourth-order valence-electron chi connectivity index (χ4n) is 3.20. The van der Waals surface area contributed by atoms with Crippen molar-refractivity contribution in [1.82, 2.24) is 15.5 Å². The molecule has 3 amide bonds. The van der Waals surface area contributed by atoms with Crippen molar-refractivity contribution in [3.05, 3.63) is 42.0 Å². The van der Waals surface area contributed by atoms with Crippen molar-refractivity contribution in [3.63, 3.8) is 0 Å². The van der Waals surface area contributed by atoms with Crippen LogP contribution in [0.2, 0.25) is 0 Å². The number of rotatable bonds is 7. The van der Waals surface area contributed by atoms with E-state index < -0.39 is 0 Å². The highest BCUT2D eigenvalue weighted by Gasteiger charge is 2.29. The van der Waals surface area contributed by atoms with E-state index in [1.54, 1.807) is 11.0 Å². The number of carbonyl (C=O) groups is 3. The standard InChI is InChI=1S/C21H27N3O3/c25-19(9-6-16-4-2-1-3-5-16)24-14-10-18(11-15-24)21(27)23-13-12-22-20(26)17-7-8-17/h1-6,9,17-18H,7-8,10-15H2,(H,22,26)(H,23,27)/b9-6+. The Morgan fingerprint density at radius 1 is 0.889 bits per heavy atom. The van der Waals surface area contributed by atoms with Crippen LogP contribution >= 0.6 is 0 Å². The summed E-state index contributed by atoms with van der Waals surface area (Å²) in [6.45, 7) is 2.11. The third kappa shape index (κ3) is 5.94. The van der Waals surface area contributed by atoms with Gasteiger partial charge in [-0.05, 0) is 37.3 Å². The van der Waals surface area contributed by atoms with Gasteiger partial charge in [0, 0.05) is 44.1 Å².